The molecular weight excluding hydrogens is 263 g/mol. The molecule has 5 nitrogen and oxygen atoms in total. The average molecular weight is 282 g/mol. The minimum absolute atomic E-state index is 0.135. The minimum Gasteiger partial charge on any atom is -0.382 e. The lowest BCUT2D eigenvalue weighted by Gasteiger charge is -2.07. The summed E-state index contributed by atoms with van der Waals surface area (Å²) in [7, 11) is 0. The molecule has 0 saturated carbocycles. The molecule has 0 saturated heterocycles. The molecule has 0 bridgehead atoms. The van der Waals surface area contributed by atoms with Crippen molar-refractivity contribution in [3.8, 4) is 0 Å². The Bertz CT molecular complexity index is 452. The van der Waals surface area contributed by atoms with Crippen LogP contribution in [0.1, 0.15) is 23.7 Å². The van der Waals surface area contributed by atoms with Crippen LogP contribution >= 0.6 is 0 Å². The zero-order chi connectivity index (χ0) is 14.8. The Morgan fingerprint density at radius 3 is 2.80 bits per heavy atom. The molecule has 0 heterocycles. The van der Waals surface area contributed by atoms with Gasteiger partial charge in [-0.2, -0.15) is 0 Å². The molecule has 0 unspecified atom stereocenters. The van der Waals surface area contributed by atoms with Crippen molar-refractivity contribution in [2.75, 3.05) is 26.3 Å². The van der Waals surface area contributed by atoms with Crippen molar-refractivity contribution in [1.29, 1.82) is 0 Å². The third-order valence-electron chi connectivity index (χ3n) is 2.49. The largest absolute Gasteiger partial charge is 0.382 e. The molecule has 0 aromatic heterocycles. The Morgan fingerprint density at radius 1 is 1.30 bits per heavy atom. The van der Waals surface area contributed by atoms with Crippen LogP contribution in [0.25, 0.3) is 0 Å². The lowest BCUT2D eigenvalue weighted by atomic mass is 10.2. The Hall–Kier alpha value is -1.95. The molecule has 0 aliphatic heterocycles. The zero-order valence-electron chi connectivity index (χ0n) is 11.4. The van der Waals surface area contributed by atoms with Crippen molar-refractivity contribution >= 4 is 11.8 Å². The fourth-order valence-corrected chi connectivity index (χ4v) is 1.50. The maximum atomic E-state index is 12.9. The molecule has 1 aromatic rings. The third-order valence-corrected chi connectivity index (χ3v) is 2.49. The summed E-state index contributed by atoms with van der Waals surface area (Å²) in [5.41, 5.74) is 0.189. The van der Waals surface area contributed by atoms with E-state index in [4.69, 9.17) is 4.74 Å². The van der Waals surface area contributed by atoms with Crippen LogP contribution in [0.4, 0.5) is 4.39 Å². The third kappa shape index (κ3) is 6.29. The molecule has 0 spiro atoms. The van der Waals surface area contributed by atoms with E-state index < -0.39 is 11.7 Å². The van der Waals surface area contributed by atoms with Crippen LogP contribution in [0.3, 0.4) is 0 Å². The summed E-state index contributed by atoms with van der Waals surface area (Å²) in [6.45, 7) is 3.50. The maximum absolute atomic E-state index is 12.9. The second-order valence-corrected chi connectivity index (χ2v) is 4.09. The van der Waals surface area contributed by atoms with Gasteiger partial charge in [-0.25, -0.2) is 4.39 Å². The van der Waals surface area contributed by atoms with Gasteiger partial charge in [0.2, 0.25) is 5.91 Å². The summed E-state index contributed by atoms with van der Waals surface area (Å²) >= 11 is 0. The van der Waals surface area contributed by atoms with Crippen molar-refractivity contribution in [1.82, 2.24) is 10.6 Å². The first-order valence-corrected chi connectivity index (χ1v) is 6.51. The standard InChI is InChI=1S/C14H19FN2O3/c1-2-20-8-4-7-16-13(18)10-17-14(19)11-5-3-6-12(15)9-11/h3,5-6,9H,2,4,7-8,10H2,1H3,(H,16,18)(H,17,19). The number of ether oxygens (including phenoxy) is 1. The van der Waals surface area contributed by atoms with E-state index in [1.165, 1.54) is 18.2 Å². The SMILES string of the molecule is CCOCCCNC(=O)CNC(=O)c1cccc(F)c1. The molecule has 6 heteroatoms. The van der Waals surface area contributed by atoms with Gasteiger partial charge in [0, 0.05) is 25.3 Å². The van der Waals surface area contributed by atoms with Crippen LogP contribution in [0, 0.1) is 5.82 Å². The first kappa shape index (κ1) is 16.1. The smallest absolute Gasteiger partial charge is 0.251 e. The number of amides is 2. The fraction of sp³-hybridized carbons (Fsp3) is 0.429. The van der Waals surface area contributed by atoms with Gasteiger partial charge in [-0.3, -0.25) is 9.59 Å². The molecule has 1 aromatic carbocycles. The molecular formula is C14H19FN2O3. The molecule has 0 atom stereocenters. The van der Waals surface area contributed by atoms with Gasteiger partial charge in [0.15, 0.2) is 0 Å². The minimum atomic E-state index is -0.488. The number of hydrogen-bond acceptors (Lipinski definition) is 3. The molecule has 0 aliphatic carbocycles. The first-order chi connectivity index (χ1) is 9.63. The van der Waals surface area contributed by atoms with Gasteiger partial charge >= 0.3 is 0 Å². The van der Waals surface area contributed by atoms with Crippen molar-refractivity contribution in [2.24, 2.45) is 0 Å². The number of rotatable bonds is 8. The summed E-state index contributed by atoms with van der Waals surface area (Å²) in [4.78, 5) is 23.1. The van der Waals surface area contributed by atoms with Gasteiger partial charge in [-0.15, -0.1) is 0 Å². The maximum Gasteiger partial charge on any atom is 0.251 e. The molecule has 110 valence electrons. The van der Waals surface area contributed by atoms with Crippen LogP contribution in [-0.4, -0.2) is 38.1 Å². The normalized spacial score (nSPS) is 10.1. The number of nitrogens with one attached hydrogen (secondary N) is 2. The molecule has 1 rings (SSSR count). The highest BCUT2D eigenvalue weighted by Crippen LogP contribution is 2.02. The number of carbonyl (C=O) groups is 2. The van der Waals surface area contributed by atoms with E-state index in [9.17, 15) is 14.0 Å². The van der Waals surface area contributed by atoms with E-state index in [1.807, 2.05) is 6.92 Å². The molecule has 2 N–H and O–H groups in total. The number of halogens is 1. The van der Waals surface area contributed by atoms with E-state index >= 15 is 0 Å². The van der Waals surface area contributed by atoms with Gasteiger partial charge in [0.25, 0.3) is 5.91 Å². The van der Waals surface area contributed by atoms with E-state index in [1.54, 1.807) is 0 Å². The lowest BCUT2D eigenvalue weighted by Crippen LogP contribution is -2.37. The van der Waals surface area contributed by atoms with Gasteiger partial charge in [0.05, 0.1) is 6.54 Å². The molecule has 0 radical (unpaired) electrons. The van der Waals surface area contributed by atoms with Crippen LogP contribution in [0.2, 0.25) is 0 Å². The highest BCUT2D eigenvalue weighted by Gasteiger charge is 2.08. The summed E-state index contributed by atoms with van der Waals surface area (Å²) in [6, 6.07) is 5.30. The Kier molecular flexibility index (Phi) is 7.27. The van der Waals surface area contributed by atoms with E-state index in [0.717, 1.165) is 12.5 Å². The molecule has 2 amide bonds. The Labute approximate surface area is 117 Å². The van der Waals surface area contributed by atoms with Crippen LogP contribution in [-0.2, 0) is 9.53 Å². The van der Waals surface area contributed by atoms with Crippen molar-refractivity contribution < 1.29 is 18.7 Å². The molecule has 0 aliphatic rings. The quantitative estimate of drug-likeness (QED) is 0.702. The Balaban J connectivity index is 2.22. The van der Waals surface area contributed by atoms with Crippen molar-refractivity contribution in [2.45, 2.75) is 13.3 Å². The van der Waals surface area contributed by atoms with Gasteiger partial charge in [0.1, 0.15) is 5.82 Å². The van der Waals surface area contributed by atoms with Gasteiger partial charge in [-0.1, -0.05) is 6.07 Å². The van der Waals surface area contributed by atoms with E-state index in [-0.39, 0.29) is 18.0 Å². The highest BCUT2D eigenvalue weighted by molar-refractivity contribution is 5.96. The second kappa shape index (κ2) is 9.03. The highest BCUT2D eigenvalue weighted by atomic mass is 19.1. The lowest BCUT2D eigenvalue weighted by molar-refractivity contribution is -0.120. The monoisotopic (exact) mass is 282 g/mol. The van der Waals surface area contributed by atoms with Crippen molar-refractivity contribution in [3.05, 3.63) is 35.6 Å². The van der Waals surface area contributed by atoms with Crippen LogP contribution < -0.4 is 10.6 Å². The fourth-order valence-electron chi connectivity index (χ4n) is 1.50. The summed E-state index contributed by atoms with van der Waals surface area (Å²) < 4.78 is 18.0. The average Bonchev–Trinajstić information content (AvgIpc) is 2.44. The summed E-state index contributed by atoms with van der Waals surface area (Å²) in [5.74, 6) is -1.25. The van der Waals surface area contributed by atoms with E-state index in [0.29, 0.717) is 19.8 Å². The zero-order valence-corrected chi connectivity index (χ0v) is 11.4. The summed E-state index contributed by atoms with van der Waals surface area (Å²) in [5, 5.41) is 5.08. The predicted molar refractivity (Wildman–Crippen MR) is 72.9 cm³/mol. The first-order valence-electron chi connectivity index (χ1n) is 6.51. The van der Waals surface area contributed by atoms with E-state index in [2.05, 4.69) is 10.6 Å². The van der Waals surface area contributed by atoms with Crippen molar-refractivity contribution in [3.63, 3.8) is 0 Å². The van der Waals surface area contributed by atoms with Gasteiger partial charge < -0.3 is 15.4 Å². The predicted octanol–water partition coefficient (Wildman–Crippen LogP) is 1.10. The second-order valence-electron chi connectivity index (χ2n) is 4.09. The molecule has 0 fully saturated rings. The van der Waals surface area contributed by atoms with Crippen LogP contribution in [0.15, 0.2) is 24.3 Å². The molecule has 20 heavy (non-hydrogen) atoms. The number of hydrogen-bond donors (Lipinski definition) is 2. The summed E-state index contributed by atoms with van der Waals surface area (Å²) in [6.07, 6.45) is 0.720. The topological polar surface area (TPSA) is 67.4 Å². The van der Waals surface area contributed by atoms with Crippen LogP contribution in [0.5, 0.6) is 0 Å². The Morgan fingerprint density at radius 2 is 2.10 bits per heavy atom. The number of carbonyl (C=O) groups excluding carboxylic acids is 2. The number of benzene rings is 1. The van der Waals surface area contributed by atoms with Gasteiger partial charge in [-0.05, 0) is 31.5 Å².